The molecule has 9 heteroatoms. The van der Waals surface area contributed by atoms with Crippen LogP contribution in [0.2, 0.25) is 0 Å². The summed E-state index contributed by atoms with van der Waals surface area (Å²) >= 11 is 1.40. The molecule has 2 aromatic rings. The standard InChI is InChI=1S/C22H19N3O5S/c1-3-30-21(27)19-13(2)23-22-24(18(12-31-22)14-7-9-17(26)10-8-14)20(19)15-5-4-6-16(11-15)25(28)29/h4-12,20,26H,3H2,1-2H3. The highest BCUT2D eigenvalue weighted by molar-refractivity contribution is 8.16. The number of aromatic hydroxyl groups is 1. The molecule has 0 radical (unpaired) electrons. The number of allylic oxidation sites excluding steroid dienone is 1. The average Bonchev–Trinajstić information content (AvgIpc) is 3.16. The predicted octanol–water partition coefficient (Wildman–Crippen LogP) is 4.60. The summed E-state index contributed by atoms with van der Waals surface area (Å²) in [7, 11) is 0. The van der Waals surface area contributed by atoms with E-state index in [-0.39, 0.29) is 18.0 Å². The van der Waals surface area contributed by atoms with Crippen molar-refractivity contribution in [1.29, 1.82) is 0 Å². The molecule has 0 spiro atoms. The quantitative estimate of drug-likeness (QED) is 0.414. The number of thioether (sulfide) groups is 1. The average molecular weight is 437 g/mol. The maximum Gasteiger partial charge on any atom is 0.338 e. The number of esters is 1. The fourth-order valence-electron chi connectivity index (χ4n) is 3.62. The summed E-state index contributed by atoms with van der Waals surface area (Å²) in [6, 6.07) is 12.3. The molecule has 8 nitrogen and oxygen atoms in total. The van der Waals surface area contributed by atoms with Crippen molar-refractivity contribution in [1.82, 2.24) is 4.90 Å². The number of phenolic OH excluding ortho intramolecular Hbond substituents is 1. The van der Waals surface area contributed by atoms with Gasteiger partial charge in [0.1, 0.15) is 5.75 Å². The van der Waals surface area contributed by atoms with E-state index in [1.807, 2.05) is 10.3 Å². The Labute approximate surface area is 182 Å². The number of nitro groups is 1. The third kappa shape index (κ3) is 3.79. The molecule has 1 unspecified atom stereocenters. The van der Waals surface area contributed by atoms with E-state index < -0.39 is 16.9 Å². The molecule has 4 rings (SSSR count). The lowest BCUT2D eigenvalue weighted by Gasteiger charge is -2.36. The highest BCUT2D eigenvalue weighted by Gasteiger charge is 2.41. The first-order valence-corrected chi connectivity index (χ1v) is 10.4. The Morgan fingerprint density at radius 2 is 2.03 bits per heavy atom. The zero-order chi connectivity index (χ0) is 22.1. The molecule has 0 amide bonds. The number of non-ortho nitro benzene ring substituents is 1. The maximum atomic E-state index is 12.9. The summed E-state index contributed by atoms with van der Waals surface area (Å²) < 4.78 is 5.30. The lowest BCUT2D eigenvalue weighted by atomic mass is 9.93. The van der Waals surface area contributed by atoms with Gasteiger partial charge in [-0.25, -0.2) is 9.79 Å². The molecule has 1 atom stereocenters. The van der Waals surface area contributed by atoms with E-state index >= 15 is 0 Å². The first kappa shape index (κ1) is 20.7. The Hall–Kier alpha value is -3.59. The van der Waals surface area contributed by atoms with Crippen molar-refractivity contribution < 1.29 is 19.6 Å². The summed E-state index contributed by atoms with van der Waals surface area (Å²) in [6.07, 6.45) is 0. The Kier molecular flexibility index (Phi) is 5.51. The highest BCUT2D eigenvalue weighted by atomic mass is 32.2. The van der Waals surface area contributed by atoms with Crippen molar-refractivity contribution in [3.05, 3.63) is 86.5 Å². The number of carbonyl (C=O) groups excluding carboxylic acids is 1. The van der Waals surface area contributed by atoms with Crippen molar-refractivity contribution in [2.45, 2.75) is 19.9 Å². The predicted molar refractivity (Wildman–Crippen MR) is 118 cm³/mol. The van der Waals surface area contributed by atoms with E-state index in [0.717, 1.165) is 11.3 Å². The normalized spacial score (nSPS) is 17.7. The number of hydrogen-bond acceptors (Lipinski definition) is 8. The molecule has 158 valence electrons. The van der Waals surface area contributed by atoms with Gasteiger partial charge < -0.3 is 14.7 Å². The van der Waals surface area contributed by atoms with E-state index in [0.29, 0.717) is 22.0 Å². The van der Waals surface area contributed by atoms with Gasteiger partial charge in [-0.2, -0.15) is 0 Å². The number of amidine groups is 1. The molecule has 2 aliphatic heterocycles. The number of fused-ring (bicyclic) bond motifs is 1. The van der Waals surface area contributed by atoms with Gasteiger partial charge in [-0.3, -0.25) is 10.1 Å². The van der Waals surface area contributed by atoms with Crippen LogP contribution in [-0.2, 0) is 9.53 Å². The second kappa shape index (κ2) is 8.27. The van der Waals surface area contributed by atoms with E-state index in [4.69, 9.17) is 4.74 Å². The van der Waals surface area contributed by atoms with Crippen LogP contribution in [0.3, 0.4) is 0 Å². The number of nitro benzene ring substituents is 1. The van der Waals surface area contributed by atoms with Gasteiger partial charge in [0, 0.05) is 17.5 Å². The Morgan fingerprint density at radius 1 is 1.29 bits per heavy atom. The molecule has 0 fully saturated rings. The smallest absolute Gasteiger partial charge is 0.338 e. The number of carbonyl (C=O) groups is 1. The van der Waals surface area contributed by atoms with Gasteiger partial charge in [-0.15, -0.1) is 0 Å². The summed E-state index contributed by atoms with van der Waals surface area (Å²) in [5.74, 6) is -0.373. The topological polar surface area (TPSA) is 105 Å². The van der Waals surface area contributed by atoms with Gasteiger partial charge in [0.15, 0.2) is 5.17 Å². The summed E-state index contributed by atoms with van der Waals surface area (Å²) in [4.78, 5) is 30.3. The largest absolute Gasteiger partial charge is 0.508 e. The van der Waals surface area contributed by atoms with Gasteiger partial charge in [0.25, 0.3) is 5.69 Å². The van der Waals surface area contributed by atoms with Gasteiger partial charge in [-0.05, 0) is 49.2 Å². The third-order valence-electron chi connectivity index (χ3n) is 4.98. The van der Waals surface area contributed by atoms with Gasteiger partial charge in [0.2, 0.25) is 0 Å². The maximum absolute atomic E-state index is 12.9. The first-order valence-electron chi connectivity index (χ1n) is 9.57. The minimum absolute atomic E-state index is 0.0653. The molecule has 0 saturated carbocycles. The fourth-order valence-corrected chi connectivity index (χ4v) is 4.59. The monoisotopic (exact) mass is 437 g/mol. The lowest BCUT2D eigenvalue weighted by molar-refractivity contribution is -0.384. The molecule has 0 aliphatic carbocycles. The van der Waals surface area contributed by atoms with Crippen LogP contribution in [0.15, 0.2) is 70.2 Å². The van der Waals surface area contributed by atoms with E-state index in [2.05, 4.69) is 4.99 Å². The molecule has 2 aromatic carbocycles. The summed E-state index contributed by atoms with van der Waals surface area (Å²) in [5.41, 5.74) is 2.94. The van der Waals surface area contributed by atoms with Crippen LogP contribution < -0.4 is 0 Å². The second-order valence-electron chi connectivity index (χ2n) is 6.91. The fraction of sp³-hybridized carbons (Fsp3) is 0.182. The number of ether oxygens (including phenoxy) is 1. The summed E-state index contributed by atoms with van der Waals surface area (Å²) in [6.45, 7) is 3.66. The number of aliphatic imine (C=N–C) groups is 1. The van der Waals surface area contributed by atoms with E-state index in [1.165, 1.54) is 23.9 Å². The van der Waals surface area contributed by atoms with Crippen LogP contribution in [-0.4, -0.2) is 32.7 Å². The molecule has 1 N–H and O–H groups in total. The lowest BCUT2D eigenvalue weighted by Crippen LogP contribution is -2.36. The van der Waals surface area contributed by atoms with E-state index in [9.17, 15) is 20.0 Å². The molecule has 2 heterocycles. The highest BCUT2D eigenvalue weighted by Crippen LogP contribution is 2.47. The van der Waals surface area contributed by atoms with Crippen LogP contribution in [0, 0.1) is 10.1 Å². The van der Waals surface area contributed by atoms with Crippen molar-refractivity contribution >= 4 is 34.3 Å². The molecule has 0 saturated heterocycles. The van der Waals surface area contributed by atoms with Crippen LogP contribution in [0.25, 0.3) is 5.70 Å². The molecule has 0 aromatic heterocycles. The van der Waals surface area contributed by atoms with Crippen molar-refractivity contribution in [2.24, 2.45) is 4.99 Å². The second-order valence-corrected chi connectivity index (χ2v) is 7.74. The number of hydrogen-bond donors (Lipinski definition) is 1. The van der Waals surface area contributed by atoms with E-state index in [1.54, 1.807) is 50.2 Å². The molecule has 31 heavy (non-hydrogen) atoms. The van der Waals surface area contributed by atoms with Crippen molar-refractivity contribution in [3.8, 4) is 5.75 Å². The van der Waals surface area contributed by atoms with Gasteiger partial charge in [-0.1, -0.05) is 23.9 Å². The van der Waals surface area contributed by atoms with Crippen LogP contribution in [0.4, 0.5) is 5.69 Å². The Morgan fingerprint density at radius 3 is 2.71 bits per heavy atom. The number of benzene rings is 2. The molecule has 2 aliphatic rings. The molecular formula is C22H19N3O5S. The van der Waals surface area contributed by atoms with Crippen LogP contribution in [0.1, 0.15) is 31.0 Å². The minimum atomic E-state index is -0.651. The SMILES string of the molecule is CCOC(=O)C1=C(C)N=C2SC=C(c3ccc(O)cc3)N2C1c1cccc([N+](=O)[O-])c1. The number of phenols is 1. The molecule has 0 bridgehead atoms. The summed E-state index contributed by atoms with van der Waals surface area (Å²) in [5, 5.41) is 23.6. The zero-order valence-electron chi connectivity index (χ0n) is 16.8. The van der Waals surface area contributed by atoms with Crippen LogP contribution >= 0.6 is 11.8 Å². The number of nitrogens with zero attached hydrogens (tertiary/aromatic N) is 3. The van der Waals surface area contributed by atoms with Crippen molar-refractivity contribution in [2.75, 3.05) is 6.61 Å². The van der Waals surface area contributed by atoms with Crippen molar-refractivity contribution in [3.63, 3.8) is 0 Å². The van der Waals surface area contributed by atoms with Crippen LogP contribution in [0.5, 0.6) is 5.75 Å². The number of rotatable bonds is 5. The minimum Gasteiger partial charge on any atom is -0.508 e. The Bertz CT molecular complexity index is 1150. The third-order valence-corrected chi connectivity index (χ3v) is 5.82. The first-order chi connectivity index (χ1) is 14.9. The van der Waals surface area contributed by atoms with Gasteiger partial charge in [0.05, 0.1) is 34.5 Å². The van der Waals surface area contributed by atoms with Gasteiger partial charge >= 0.3 is 5.97 Å². The molecular weight excluding hydrogens is 418 g/mol. The zero-order valence-corrected chi connectivity index (χ0v) is 17.6. The Balaban J connectivity index is 1.88.